The molecule has 2 rings (SSSR count). The highest BCUT2D eigenvalue weighted by Crippen LogP contribution is 2.48. The van der Waals surface area contributed by atoms with Gasteiger partial charge < -0.3 is 5.11 Å². The Hall–Kier alpha value is -0.990. The van der Waals surface area contributed by atoms with Crippen LogP contribution in [0.3, 0.4) is 0 Å². The van der Waals surface area contributed by atoms with Gasteiger partial charge in [0.1, 0.15) is 0 Å². The van der Waals surface area contributed by atoms with Crippen LogP contribution in [0, 0.1) is 11.8 Å². The Morgan fingerprint density at radius 1 is 1.29 bits per heavy atom. The molecule has 0 aromatic heterocycles. The van der Waals surface area contributed by atoms with E-state index in [0.29, 0.717) is 21.5 Å². The van der Waals surface area contributed by atoms with Crippen LogP contribution in [0.2, 0.25) is 10.0 Å². The highest BCUT2D eigenvalue weighted by Gasteiger charge is 2.43. The SMILES string of the molecule is CC1=C(C(=O)O)C(C)(c2ccc(Cl)c(Cl)c2)CC(C)C1C. The first-order valence-electron chi connectivity index (χ1n) is 7.08. The molecule has 0 heterocycles. The Kier molecular flexibility index (Phi) is 4.41. The zero-order valence-corrected chi connectivity index (χ0v) is 14.2. The van der Waals surface area contributed by atoms with Crippen molar-refractivity contribution in [3.8, 4) is 0 Å². The molecule has 3 atom stereocenters. The van der Waals surface area contributed by atoms with Gasteiger partial charge in [-0.05, 0) is 42.9 Å². The van der Waals surface area contributed by atoms with E-state index in [-0.39, 0.29) is 5.92 Å². The second kappa shape index (κ2) is 5.66. The average molecular weight is 327 g/mol. The molecule has 1 N–H and O–H groups in total. The van der Waals surface area contributed by atoms with Gasteiger partial charge in [-0.25, -0.2) is 4.79 Å². The molecule has 21 heavy (non-hydrogen) atoms. The van der Waals surface area contributed by atoms with Crippen LogP contribution in [0.5, 0.6) is 0 Å². The number of allylic oxidation sites excluding steroid dienone is 1. The van der Waals surface area contributed by atoms with Gasteiger partial charge in [0.25, 0.3) is 0 Å². The Morgan fingerprint density at radius 3 is 2.43 bits per heavy atom. The van der Waals surface area contributed by atoms with Crippen LogP contribution in [0.25, 0.3) is 0 Å². The summed E-state index contributed by atoms with van der Waals surface area (Å²) in [6, 6.07) is 5.41. The fourth-order valence-electron chi connectivity index (χ4n) is 3.52. The van der Waals surface area contributed by atoms with Gasteiger partial charge in [0.15, 0.2) is 0 Å². The molecule has 0 saturated heterocycles. The van der Waals surface area contributed by atoms with Gasteiger partial charge in [-0.1, -0.05) is 55.6 Å². The molecule has 1 aliphatic rings. The average Bonchev–Trinajstić information content (AvgIpc) is 2.38. The van der Waals surface area contributed by atoms with Crippen molar-refractivity contribution in [1.29, 1.82) is 0 Å². The number of carboxylic acids is 1. The van der Waals surface area contributed by atoms with E-state index in [2.05, 4.69) is 13.8 Å². The molecule has 0 aliphatic heterocycles. The molecule has 3 unspecified atom stereocenters. The van der Waals surface area contributed by atoms with Crippen LogP contribution in [0.4, 0.5) is 0 Å². The van der Waals surface area contributed by atoms with E-state index < -0.39 is 11.4 Å². The third kappa shape index (κ3) is 2.72. The Bertz CT molecular complexity index is 621. The third-order valence-electron chi connectivity index (χ3n) is 4.98. The largest absolute Gasteiger partial charge is 0.478 e. The lowest BCUT2D eigenvalue weighted by atomic mass is 9.61. The van der Waals surface area contributed by atoms with Crippen LogP contribution >= 0.6 is 23.2 Å². The van der Waals surface area contributed by atoms with Gasteiger partial charge >= 0.3 is 5.97 Å². The van der Waals surface area contributed by atoms with Gasteiger partial charge in [-0.2, -0.15) is 0 Å². The predicted molar refractivity (Wildman–Crippen MR) is 87.1 cm³/mol. The number of carbonyl (C=O) groups is 1. The van der Waals surface area contributed by atoms with Crippen molar-refractivity contribution in [3.05, 3.63) is 45.0 Å². The van der Waals surface area contributed by atoms with Crippen LogP contribution in [-0.2, 0) is 10.2 Å². The summed E-state index contributed by atoms with van der Waals surface area (Å²) >= 11 is 12.1. The lowest BCUT2D eigenvalue weighted by molar-refractivity contribution is -0.133. The Balaban J connectivity index is 2.67. The lowest BCUT2D eigenvalue weighted by Gasteiger charge is -2.42. The molecule has 0 spiro atoms. The number of hydrogen-bond acceptors (Lipinski definition) is 1. The topological polar surface area (TPSA) is 37.3 Å². The molecular formula is C17H20Cl2O2. The molecule has 1 aromatic rings. The summed E-state index contributed by atoms with van der Waals surface area (Å²) in [6.07, 6.45) is 0.783. The first-order chi connectivity index (χ1) is 9.68. The summed E-state index contributed by atoms with van der Waals surface area (Å²) in [6.45, 7) is 8.18. The maximum absolute atomic E-state index is 11.8. The van der Waals surface area contributed by atoms with Gasteiger partial charge in [0.05, 0.1) is 10.0 Å². The maximum Gasteiger partial charge on any atom is 0.332 e. The van der Waals surface area contributed by atoms with E-state index in [4.69, 9.17) is 23.2 Å². The molecule has 0 radical (unpaired) electrons. The quantitative estimate of drug-likeness (QED) is 0.797. The standard InChI is InChI=1S/C17H20Cl2O2/c1-9-8-17(4,12-5-6-13(18)14(19)7-12)15(16(20)21)11(3)10(9)2/h5-7,9-10H,8H2,1-4H3,(H,20,21). The normalized spacial score (nSPS) is 29.6. The van der Waals surface area contributed by atoms with Crippen molar-refractivity contribution < 1.29 is 9.90 Å². The van der Waals surface area contributed by atoms with Gasteiger partial charge in [-0.15, -0.1) is 0 Å². The van der Waals surface area contributed by atoms with Crippen LogP contribution in [0.1, 0.15) is 39.7 Å². The van der Waals surface area contributed by atoms with Crippen molar-refractivity contribution >= 4 is 29.2 Å². The Morgan fingerprint density at radius 2 is 1.90 bits per heavy atom. The molecule has 0 bridgehead atoms. The predicted octanol–water partition coefficient (Wildman–Crippen LogP) is 5.33. The van der Waals surface area contributed by atoms with Crippen molar-refractivity contribution in [2.45, 2.75) is 39.5 Å². The number of halogens is 2. The van der Waals surface area contributed by atoms with Gasteiger partial charge in [0.2, 0.25) is 0 Å². The minimum Gasteiger partial charge on any atom is -0.478 e. The summed E-state index contributed by atoms with van der Waals surface area (Å²) in [5.41, 5.74) is 1.81. The van der Waals surface area contributed by atoms with E-state index >= 15 is 0 Å². The third-order valence-corrected chi connectivity index (χ3v) is 5.72. The van der Waals surface area contributed by atoms with E-state index in [1.807, 2.05) is 19.9 Å². The summed E-state index contributed by atoms with van der Waals surface area (Å²) in [7, 11) is 0. The zero-order valence-electron chi connectivity index (χ0n) is 12.7. The van der Waals surface area contributed by atoms with Crippen molar-refractivity contribution in [2.75, 3.05) is 0 Å². The first-order valence-corrected chi connectivity index (χ1v) is 7.84. The van der Waals surface area contributed by atoms with E-state index in [1.54, 1.807) is 12.1 Å². The number of carboxylic acid groups (broad SMARTS) is 1. The second-order valence-electron chi connectivity index (χ2n) is 6.29. The number of benzene rings is 1. The highest BCUT2D eigenvalue weighted by molar-refractivity contribution is 6.42. The molecule has 0 saturated carbocycles. The summed E-state index contributed by atoms with van der Waals surface area (Å²) in [4.78, 5) is 11.8. The van der Waals surface area contributed by atoms with Crippen LogP contribution in [-0.4, -0.2) is 11.1 Å². The first kappa shape index (κ1) is 16.4. The molecule has 1 aromatic carbocycles. The molecule has 4 heteroatoms. The fraction of sp³-hybridized carbons (Fsp3) is 0.471. The number of hydrogen-bond donors (Lipinski definition) is 1. The van der Waals surface area contributed by atoms with Crippen LogP contribution < -0.4 is 0 Å². The summed E-state index contributed by atoms with van der Waals surface area (Å²) in [5, 5.41) is 10.7. The van der Waals surface area contributed by atoms with Gasteiger partial charge in [0, 0.05) is 11.0 Å². The van der Waals surface area contributed by atoms with Gasteiger partial charge in [-0.3, -0.25) is 0 Å². The summed E-state index contributed by atoms with van der Waals surface area (Å²) < 4.78 is 0. The highest BCUT2D eigenvalue weighted by atomic mass is 35.5. The van der Waals surface area contributed by atoms with Crippen LogP contribution in [0.15, 0.2) is 29.3 Å². The maximum atomic E-state index is 11.8. The minimum atomic E-state index is -0.847. The fourth-order valence-corrected chi connectivity index (χ4v) is 3.82. The number of aliphatic carboxylic acids is 1. The molecule has 2 nitrogen and oxygen atoms in total. The second-order valence-corrected chi connectivity index (χ2v) is 7.11. The van der Waals surface area contributed by atoms with Crippen molar-refractivity contribution in [2.24, 2.45) is 11.8 Å². The molecule has 114 valence electrons. The molecule has 1 aliphatic carbocycles. The van der Waals surface area contributed by atoms with Crippen molar-refractivity contribution in [3.63, 3.8) is 0 Å². The molecule has 0 fully saturated rings. The number of rotatable bonds is 2. The molecular weight excluding hydrogens is 307 g/mol. The smallest absolute Gasteiger partial charge is 0.332 e. The minimum absolute atomic E-state index is 0.270. The summed E-state index contributed by atoms with van der Waals surface area (Å²) in [5.74, 6) is -0.167. The van der Waals surface area contributed by atoms with Crippen molar-refractivity contribution in [1.82, 2.24) is 0 Å². The Labute approximate surface area is 135 Å². The lowest BCUT2D eigenvalue weighted by Crippen LogP contribution is -2.38. The molecule has 0 amide bonds. The monoisotopic (exact) mass is 326 g/mol. The van der Waals surface area contributed by atoms with E-state index in [9.17, 15) is 9.90 Å². The van der Waals surface area contributed by atoms with E-state index in [0.717, 1.165) is 17.6 Å². The van der Waals surface area contributed by atoms with E-state index in [1.165, 1.54) is 0 Å². The zero-order chi connectivity index (χ0) is 15.9.